The highest BCUT2D eigenvalue weighted by Gasteiger charge is 2.33. The van der Waals surface area contributed by atoms with E-state index in [-0.39, 0.29) is 22.8 Å². The number of imidazole rings is 1. The predicted molar refractivity (Wildman–Crippen MR) is 137 cm³/mol. The maximum absolute atomic E-state index is 13.1. The summed E-state index contributed by atoms with van der Waals surface area (Å²) in [6.07, 6.45) is 8.68. The van der Waals surface area contributed by atoms with Gasteiger partial charge < -0.3 is 9.88 Å². The summed E-state index contributed by atoms with van der Waals surface area (Å²) in [7, 11) is -1.73. The Balaban J connectivity index is 1.21. The zero-order valence-corrected chi connectivity index (χ0v) is 21.1. The molecule has 0 saturated heterocycles. The van der Waals surface area contributed by atoms with Gasteiger partial charge in [-0.2, -0.15) is 0 Å². The number of sulfonamides is 1. The van der Waals surface area contributed by atoms with Gasteiger partial charge in [0.2, 0.25) is 15.9 Å². The maximum atomic E-state index is 13.1. The summed E-state index contributed by atoms with van der Waals surface area (Å²) in [5, 5.41) is 0. The van der Waals surface area contributed by atoms with Crippen LogP contribution in [-0.4, -0.2) is 48.3 Å². The van der Waals surface area contributed by atoms with Crippen LogP contribution in [0.3, 0.4) is 0 Å². The third-order valence-electron chi connectivity index (χ3n) is 7.68. The molecule has 2 fully saturated rings. The van der Waals surface area contributed by atoms with Crippen LogP contribution in [0.2, 0.25) is 0 Å². The van der Waals surface area contributed by atoms with Crippen LogP contribution in [-0.2, 0) is 14.8 Å². The molecule has 1 amide bonds. The van der Waals surface area contributed by atoms with Gasteiger partial charge in [0.05, 0.1) is 15.9 Å². The number of hydrogen-bond acceptors (Lipinski definition) is 4. The van der Waals surface area contributed by atoms with Crippen molar-refractivity contribution in [2.24, 2.45) is 5.92 Å². The van der Waals surface area contributed by atoms with Crippen molar-refractivity contribution >= 4 is 27.0 Å². The molecule has 2 aliphatic carbocycles. The topological polar surface area (TPSA) is 95.2 Å². The molecule has 0 unspecified atom stereocenters. The van der Waals surface area contributed by atoms with E-state index in [0.717, 1.165) is 36.8 Å². The zero-order valence-electron chi connectivity index (χ0n) is 20.2. The molecule has 2 saturated carbocycles. The van der Waals surface area contributed by atoms with E-state index < -0.39 is 10.0 Å². The van der Waals surface area contributed by atoms with Crippen LogP contribution in [0.25, 0.3) is 22.4 Å². The molecular weight excluding hydrogens is 460 g/mol. The van der Waals surface area contributed by atoms with Gasteiger partial charge in [0, 0.05) is 30.6 Å². The molecule has 3 aromatic rings. The van der Waals surface area contributed by atoms with Crippen LogP contribution in [0.5, 0.6) is 0 Å². The van der Waals surface area contributed by atoms with Crippen LogP contribution in [0, 0.1) is 5.92 Å². The second-order valence-corrected chi connectivity index (χ2v) is 11.8. The van der Waals surface area contributed by atoms with Gasteiger partial charge in [-0.15, -0.1) is 0 Å². The lowest BCUT2D eigenvalue weighted by Crippen LogP contribution is -2.44. The van der Waals surface area contributed by atoms with Crippen molar-refractivity contribution in [3.63, 3.8) is 0 Å². The molecule has 8 heteroatoms. The fraction of sp³-hybridized carbons (Fsp3) is 0.481. The molecule has 0 spiro atoms. The van der Waals surface area contributed by atoms with Gasteiger partial charge in [0.1, 0.15) is 5.82 Å². The Hall–Kier alpha value is -2.71. The largest absolute Gasteiger partial charge is 0.343 e. The lowest BCUT2D eigenvalue weighted by molar-refractivity contribution is -0.138. The Bertz CT molecular complexity index is 1270. The monoisotopic (exact) mass is 494 g/mol. The summed E-state index contributed by atoms with van der Waals surface area (Å²) in [4.78, 5) is 23.1. The highest BCUT2D eigenvalue weighted by Crippen LogP contribution is 2.30. The lowest BCUT2D eigenvalue weighted by Gasteiger charge is -2.36. The molecule has 0 bridgehead atoms. The summed E-state index contributed by atoms with van der Waals surface area (Å²) in [6, 6.07) is 15.0. The minimum atomic E-state index is -3.68. The molecule has 0 atom stereocenters. The van der Waals surface area contributed by atoms with Gasteiger partial charge in [0.25, 0.3) is 0 Å². The van der Waals surface area contributed by atoms with Crippen LogP contribution < -0.4 is 4.72 Å². The van der Waals surface area contributed by atoms with Gasteiger partial charge in [-0.3, -0.25) is 4.79 Å². The summed E-state index contributed by atoms with van der Waals surface area (Å²) in [5.41, 5.74) is 2.36. The molecule has 2 aromatic carbocycles. The van der Waals surface area contributed by atoms with Crippen LogP contribution >= 0.6 is 0 Å². The minimum absolute atomic E-state index is 0.000468. The van der Waals surface area contributed by atoms with Crippen molar-refractivity contribution in [3.05, 3.63) is 48.5 Å². The first kappa shape index (κ1) is 24.0. The summed E-state index contributed by atoms with van der Waals surface area (Å²) >= 11 is 0. The molecule has 7 nitrogen and oxygen atoms in total. The van der Waals surface area contributed by atoms with Gasteiger partial charge >= 0.3 is 0 Å². The van der Waals surface area contributed by atoms with E-state index in [1.54, 1.807) is 18.2 Å². The van der Waals surface area contributed by atoms with Crippen molar-refractivity contribution in [2.45, 2.75) is 74.8 Å². The van der Waals surface area contributed by atoms with E-state index in [0.29, 0.717) is 30.2 Å². The third-order valence-corrected chi connectivity index (χ3v) is 9.20. The quantitative estimate of drug-likeness (QED) is 0.512. The van der Waals surface area contributed by atoms with E-state index >= 15 is 0 Å². The smallest absolute Gasteiger partial charge is 0.240 e. The Morgan fingerprint density at radius 1 is 0.971 bits per heavy atom. The molecule has 5 rings (SSSR count). The van der Waals surface area contributed by atoms with Crippen LogP contribution in [0.1, 0.15) is 57.8 Å². The van der Waals surface area contributed by atoms with Gasteiger partial charge in [-0.1, -0.05) is 49.6 Å². The fourth-order valence-electron chi connectivity index (χ4n) is 5.57. The number of nitrogens with one attached hydrogen (secondary N) is 2. The normalized spacial score (nSPS) is 21.7. The molecular formula is C27H34N4O3S. The minimum Gasteiger partial charge on any atom is -0.343 e. The van der Waals surface area contributed by atoms with E-state index in [9.17, 15) is 13.2 Å². The molecule has 1 heterocycles. The number of carbonyl (C=O) groups excluding carboxylic acids is 1. The number of hydrogen-bond donors (Lipinski definition) is 2. The van der Waals surface area contributed by atoms with Crippen molar-refractivity contribution in [1.29, 1.82) is 0 Å². The average molecular weight is 495 g/mol. The Labute approximate surface area is 207 Å². The first-order valence-corrected chi connectivity index (χ1v) is 14.2. The zero-order chi connectivity index (χ0) is 24.4. The SMILES string of the molecule is CN(C(=O)[C@H]1CC[C@H](NS(=O)(=O)c2ccc3[nH]c(-c4ccccc4)nc3c2)CC1)C1CCCCC1. The summed E-state index contributed by atoms with van der Waals surface area (Å²) in [5.74, 6) is 0.945. The molecule has 2 aliphatic rings. The average Bonchev–Trinajstić information content (AvgIpc) is 3.33. The highest BCUT2D eigenvalue weighted by molar-refractivity contribution is 7.89. The van der Waals surface area contributed by atoms with Crippen molar-refractivity contribution in [3.8, 4) is 11.4 Å². The second kappa shape index (κ2) is 10.1. The highest BCUT2D eigenvalue weighted by atomic mass is 32.2. The standard InChI is InChI=1S/C27H34N4O3S/c1-31(22-10-6-3-7-11-22)27(32)20-12-14-21(15-13-20)30-35(33,34)23-16-17-24-25(18-23)29-26(28-24)19-8-4-2-5-9-19/h2,4-5,8-9,16-18,20-22,30H,3,6-7,10-15H2,1H3,(H,28,29)/t20-,21-. The molecule has 0 aliphatic heterocycles. The van der Waals surface area contributed by atoms with Crippen molar-refractivity contribution < 1.29 is 13.2 Å². The lowest BCUT2D eigenvalue weighted by atomic mass is 9.84. The molecule has 1 aromatic heterocycles. The molecule has 186 valence electrons. The number of aromatic amines is 1. The fourth-order valence-corrected chi connectivity index (χ4v) is 6.89. The van der Waals surface area contributed by atoms with Crippen LogP contribution in [0.4, 0.5) is 0 Å². The predicted octanol–water partition coefficient (Wildman–Crippen LogP) is 4.86. The van der Waals surface area contributed by atoms with Gasteiger partial charge in [0.15, 0.2) is 0 Å². The van der Waals surface area contributed by atoms with E-state index in [4.69, 9.17) is 0 Å². The maximum Gasteiger partial charge on any atom is 0.240 e. The Morgan fingerprint density at radius 2 is 1.69 bits per heavy atom. The number of fused-ring (bicyclic) bond motifs is 1. The third kappa shape index (κ3) is 5.28. The molecule has 35 heavy (non-hydrogen) atoms. The second-order valence-electron chi connectivity index (χ2n) is 10.0. The number of carbonyl (C=O) groups is 1. The van der Waals surface area contributed by atoms with Crippen molar-refractivity contribution in [1.82, 2.24) is 19.6 Å². The number of aromatic nitrogens is 2. The number of nitrogens with zero attached hydrogens (tertiary/aromatic N) is 2. The Morgan fingerprint density at radius 3 is 2.40 bits per heavy atom. The number of rotatable bonds is 6. The van der Waals surface area contributed by atoms with Crippen LogP contribution in [0.15, 0.2) is 53.4 Å². The number of benzene rings is 2. The van der Waals surface area contributed by atoms with E-state index in [2.05, 4.69) is 14.7 Å². The Kier molecular flexibility index (Phi) is 6.93. The summed E-state index contributed by atoms with van der Waals surface area (Å²) in [6.45, 7) is 0. The van der Waals surface area contributed by atoms with E-state index in [1.807, 2.05) is 42.3 Å². The molecule has 0 radical (unpaired) electrons. The number of amides is 1. The summed E-state index contributed by atoms with van der Waals surface area (Å²) < 4.78 is 29.1. The first-order chi connectivity index (χ1) is 16.9. The van der Waals surface area contributed by atoms with Crippen molar-refractivity contribution in [2.75, 3.05) is 7.05 Å². The number of H-pyrrole nitrogens is 1. The van der Waals surface area contributed by atoms with E-state index in [1.165, 1.54) is 19.3 Å². The van der Waals surface area contributed by atoms with Gasteiger partial charge in [-0.05, 0) is 56.7 Å². The molecule has 2 N–H and O–H groups in total. The first-order valence-electron chi connectivity index (χ1n) is 12.7. The van der Waals surface area contributed by atoms with Gasteiger partial charge in [-0.25, -0.2) is 18.1 Å².